The lowest BCUT2D eigenvalue weighted by Gasteiger charge is -2.18. The van der Waals surface area contributed by atoms with Gasteiger partial charge in [-0.25, -0.2) is 4.79 Å². The molecule has 0 saturated carbocycles. The van der Waals surface area contributed by atoms with Gasteiger partial charge in [-0.05, 0) is 60.6 Å². The van der Waals surface area contributed by atoms with Crippen molar-refractivity contribution in [1.82, 2.24) is 4.90 Å². The van der Waals surface area contributed by atoms with Crippen molar-refractivity contribution in [2.75, 3.05) is 13.7 Å². The van der Waals surface area contributed by atoms with E-state index in [0.29, 0.717) is 12.1 Å². The number of carbonyl (C=O) groups is 2. The highest BCUT2D eigenvalue weighted by Crippen LogP contribution is 2.23. The normalized spacial score (nSPS) is 12.6. The molecule has 0 saturated heterocycles. The summed E-state index contributed by atoms with van der Waals surface area (Å²) >= 11 is 0. The van der Waals surface area contributed by atoms with Gasteiger partial charge in [0.15, 0.2) is 6.61 Å². The molecule has 1 aliphatic rings. The molecule has 2 aromatic carbocycles. The lowest BCUT2D eigenvalue weighted by Crippen LogP contribution is -2.31. The zero-order valence-electron chi connectivity index (χ0n) is 14.7. The quantitative estimate of drug-likeness (QED) is 0.787. The Balaban J connectivity index is 1.54. The van der Waals surface area contributed by atoms with Gasteiger partial charge in [0.1, 0.15) is 0 Å². The first-order valence-electron chi connectivity index (χ1n) is 8.62. The Morgan fingerprint density at radius 3 is 2.64 bits per heavy atom. The molecule has 1 amide bonds. The average molecular weight is 337 g/mol. The van der Waals surface area contributed by atoms with E-state index in [4.69, 9.17) is 4.74 Å². The molecule has 0 bridgehead atoms. The Hall–Kier alpha value is -2.62. The minimum atomic E-state index is -0.438. The molecule has 25 heavy (non-hydrogen) atoms. The van der Waals surface area contributed by atoms with Crippen molar-refractivity contribution >= 4 is 11.9 Å². The van der Waals surface area contributed by atoms with E-state index in [1.165, 1.54) is 11.1 Å². The number of likely N-dealkylation sites (N-methyl/N-ethyl adjacent to an activating group) is 1. The topological polar surface area (TPSA) is 46.6 Å². The van der Waals surface area contributed by atoms with Crippen LogP contribution in [0.2, 0.25) is 0 Å². The van der Waals surface area contributed by atoms with Crippen LogP contribution in [0.1, 0.15) is 39.0 Å². The molecular weight excluding hydrogens is 314 g/mol. The van der Waals surface area contributed by atoms with Crippen molar-refractivity contribution in [2.45, 2.75) is 32.7 Å². The summed E-state index contributed by atoms with van der Waals surface area (Å²) in [6, 6.07) is 13.6. The standard InChI is InChI=1S/C21H23NO3/c1-15-6-3-4-7-19(15)13-22(2)20(23)14-25-21(24)18-11-10-16-8-5-9-17(16)12-18/h3-4,6-7,10-12H,5,8-9,13-14H2,1-2H3. The van der Waals surface area contributed by atoms with Gasteiger partial charge in [-0.2, -0.15) is 0 Å². The number of hydrogen-bond acceptors (Lipinski definition) is 3. The number of rotatable bonds is 5. The molecule has 0 radical (unpaired) electrons. The average Bonchev–Trinajstić information content (AvgIpc) is 3.08. The summed E-state index contributed by atoms with van der Waals surface area (Å²) in [5.41, 5.74) is 5.28. The molecule has 0 N–H and O–H groups in total. The number of aryl methyl sites for hydroxylation is 3. The minimum Gasteiger partial charge on any atom is -0.452 e. The van der Waals surface area contributed by atoms with Gasteiger partial charge in [-0.1, -0.05) is 30.3 Å². The number of benzene rings is 2. The van der Waals surface area contributed by atoms with E-state index in [1.807, 2.05) is 43.3 Å². The number of nitrogens with zero attached hydrogens (tertiary/aromatic N) is 1. The number of esters is 1. The number of carbonyl (C=O) groups excluding carboxylic acids is 2. The third-order valence-electron chi connectivity index (χ3n) is 4.76. The monoisotopic (exact) mass is 337 g/mol. The number of fused-ring (bicyclic) bond motifs is 1. The fraction of sp³-hybridized carbons (Fsp3) is 0.333. The number of amides is 1. The molecule has 0 atom stereocenters. The van der Waals surface area contributed by atoms with E-state index in [9.17, 15) is 9.59 Å². The fourth-order valence-corrected chi connectivity index (χ4v) is 3.15. The summed E-state index contributed by atoms with van der Waals surface area (Å²) in [7, 11) is 1.72. The minimum absolute atomic E-state index is 0.210. The van der Waals surface area contributed by atoms with Crippen molar-refractivity contribution in [1.29, 1.82) is 0 Å². The van der Waals surface area contributed by atoms with Gasteiger partial charge in [-0.3, -0.25) is 4.79 Å². The molecule has 2 aromatic rings. The molecule has 0 fully saturated rings. The van der Waals surface area contributed by atoms with E-state index in [-0.39, 0.29) is 12.5 Å². The first-order valence-corrected chi connectivity index (χ1v) is 8.62. The predicted molar refractivity (Wildman–Crippen MR) is 96.4 cm³/mol. The van der Waals surface area contributed by atoms with E-state index in [1.54, 1.807) is 18.0 Å². The van der Waals surface area contributed by atoms with E-state index in [2.05, 4.69) is 0 Å². The van der Waals surface area contributed by atoms with Crippen molar-refractivity contribution in [3.8, 4) is 0 Å². The third-order valence-corrected chi connectivity index (χ3v) is 4.76. The molecule has 0 aliphatic heterocycles. The number of ether oxygens (including phenoxy) is 1. The molecular formula is C21H23NO3. The maximum Gasteiger partial charge on any atom is 0.338 e. The summed E-state index contributed by atoms with van der Waals surface area (Å²) in [4.78, 5) is 26.0. The van der Waals surface area contributed by atoms with Crippen LogP contribution in [0, 0.1) is 6.92 Å². The summed E-state index contributed by atoms with van der Waals surface area (Å²) in [6.07, 6.45) is 3.22. The lowest BCUT2D eigenvalue weighted by atomic mass is 10.1. The van der Waals surface area contributed by atoms with E-state index < -0.39 is 5.97 Å². The highest BCUT2D eigenvalue weighted by Gasteiger charge is 2.17. The first-order chi connectivity index (χ1) is 12.0. The van der Waals surface area contributed by atoms with Crippen molar-refractivity contribution in [3.63, 3.8) is 0 Å². The molecule has 0 unspecified atom stereocenters. The zero-order chi connectivity index (χ0) is 17.8. The summed E-state index contributed by atoms with van der Waals surface area (Å²) in [5, 5.41) is 0. The van der Waals surface area contributed by atoms with Gasteiger partial charge in [0.2, 0.25) is 0 Å². The van der Waals surface area contributed by atoms with Crippen LogP contribution in [-0.2, 0) is 28.9 Å². The number of hydrogen-bond donors (Lipinski definition) is 0. The highest BCUT2D eigenvalue weighted by molar-refractivity contribution is 5.91. The van der Waals surface area contributed by atoms with Gasteiger partial charge in [0.05, 0.1) is 5.56 Å². The Kier molecular flexibility index (Phi) is 5.17. The second-order valence-electron chi connectivity index (χ2n) is 6.59. The molecule has 3 rings (SSSR count). The van der Waals surface area contributed by atoms with Gasteiger partial charge >= 0.3 is 5.97 Å². The maximum atomic E-state index is 12.2. The van der Waals surface area contributed by atoms with E-state index in [0.717, 1.165) is 30.4 Å². The van der Waals surface area contributed by atoms with Crippen LogP contribution in [0.25, 0.3) is 0 Å². The van der Waals surface area contributed by atoms with Gasteiger partial charge in [-0.15, -0.1) is 0 Å². The molecule has 1 aliphatic carbocycles. The van der Waals surface area contributed by atoms with Gasteiger partial charge in [0.25, 0.3) is 5.91 Å². The predicted octanol–water partition coefficient (Wildman–Crippen LogP) is 3.30. The van der Waals surface area contributed by atoms with Crippen molar-refractivity contribution < 1.29 is 14.3 Å². The Morgan fingerprint density at radius 1 is 1.08 bits per heavy atom. The van der Waals surface area contributed by atoms with Crippen LogP contribution in [-0.4, -0.2) is 30.4 Å². The van der Waals surface area contributed by atoms with E-state index >= 15 is 0 Å². The Labute approximate surface area is 148 Å². The molecule has 4 heteroatoms. The maximum absolute atomic E-state index is 12.2. The molecule has 4 nitrogen and oxygen atoms in total. The second-order valence-corrected chi connectivity index (χ2v) is 6.59. The molecule has 130 valence electrons. The largest absolute Gasteiger partial charge is 0.452 e. The van der Waals surface area contributed by atoms with Crippen LogP contribution >= 0.6 is 0 Å². The first kappa shape index (κ1) is 17.2. The summed E-state index contributed by atoms with van der Waals surface area (Å²) in [6.45, 7) is 2.28. The van der Waals surface area contributed by atoms with Gasteiger partial charge < -0.3 is 9.64 Å². The van der Waals surface area contributed by atoms with Crippen LogP contribution in [0.15, 0.2) is 42.5 Å². The second kappa shape index (κ2) is 7.51. The SMILES string of the molecule is Cc1ccccc1CN(C)C(=O)COC(=O)c1ccc2c(c1)CCC2. The fourth-order valence-electron chi connectivity index (χ4n) is 3.15. The van der Waals surface area contributed by atoms with Crippen molar-refractivity contribution in [2.24, 2.45) is 0 Å². The van der Waals surface area contributed by atoms with Crippen LogP contribution < -0.4 is 0 Å². The zero-order valence-corrected chi connectivity index (χ0v) is 14.7. The van der Waals surface area contributed by atoms with Crippen LogP contribution in [0.3, 0.4) is 0 Å². The highest BCUT2D eigenvalue weighted by atomic mass is 16.5. The van der Waals surface area contributed by atoms with Gasteiger partial charge in [0, 0.05) is 13.6 Å². The van der Waals surface area contributed by atoms with Crippen LogP contribution in [0.5, 0.6) is 0 Å². The Morgan fingerprint density at radius 2 is 1.84 bits per heavy atom. The lowest BCUT2D eigenvalue weighted by molar-refractivity contribution is -0.133. The molecule has 0 aromatic heterocycles. The summed E-state index contributed by atoms with van der Waals surface area (Å²) < 4.78 is 5.21. The summed E-state index contributed by atoms with van der Waals surface area (Å²) in [5.74, 6) is -0.648. The Bertz CT molecular complexity index is 797. The van der Waals surface area contributed by atoms with Crippen LogP contribution in [0.4, 0.5) is 0 Å². The third kappa shape index (κ3) is 4.08. The van der Waals surface area contributed by atoms with Crippen molar-refractivity contribution in [3.05, 3.63) is 70.3 Å². The molecule has 0 heterocycles. The smallest absolute Gasteiger partial charge is 0.338 e. The molecule has 0 spiro atoms.